The molecule has 1 heterocycles. The van der Waals surface area contributed by atoms with E-state index in [-0.39, 0.29) is 5.82 Å². The van der Waals surface area contributed by atoms with Crippen molar-refractivity contribution in [3.8, 4) is 5.75 Å². The molecule has 0 fully saturated rings. The number of nitrogens with zero attached hydrogens (tertiary/aromatic N) is 1. The van der Waals surface area contributed by atoms with Gasteiger partial charge in [0.15, 0.2) is 0 Å². The van der Waals surface area contributed by atoms with E-state index in [9.17, 15) is 4.39 Å². The first-order valence-electron chi connectivity index (χ1n) is 6.40. The lowest BCUT2D eigenvalue weighted by molar-refractivity contribution is 0.410. The first-order chi connectivity index (χ1) is 9.22. The van der Waals surface area contributed by atoms with Crippen molar-refractivity contribution in [2.24, 2.45) is 0 Å². The number of aromatic nitrogens is 1. The Hall–Kier alpha value is -1.81. The summed E-state index contributed by atoms with van der Waals surface area (Å²) in [6.07, 6.45) is 4.00. The number of halogens is 1. The summed E-state index contributed by atoms with van der Waals surface area (Å²) in [5.41, 5.74) is 1.86. The van der Waals surface area contributed by atoms with Crippen LogP contribution in [0.5, 0.6) is 5.75 Å². The fourth-order valence-corrected chi connectivity index (χ4v) is 1.94. The maximum atomic E-state index is 13.8. The second-order valence-electron chi connectivity index (χ2n) is 4.43. The molecule has 0 radical (unpaired) electrons. The Kier molecular flexibility index (Phi) is 4.58. The number of hydrogen-bond donors (Lipinski definition) is 1. The molecule has 0 atom stereocenters. The molecule has 0 amide bonds. The average molecular weight is 262 g/mol. The topological polar surface area (TPSA) is 26.2 Å². The van der Waals surface area contributed by atoms with Crippen molar-refractivity contribution in [3.63, 3.8) is 0 Å². The van der Waals surface area contributed by atoms with E-state index in [0.717, 1.165) is 13.1 Å². The van der Waals surface area contributed by atoms with Gasteiger partial charge >= 0.3 is 0 Å². The Bertz CT molecular complexity index is 537. The third-order valence-corrected chi connectivity index (χ3v) is 3.00. The molecule has 0 saturated carbocycles. The normalized spacial score (nSPS) is 10.7. The highest BCUT2D eigenvalue weighted by molar-refractivity contribution is 5.29. The number of hydrogen-bond acceptors (Lipinski definition) is 2. The van der Waals surface area contributed by atoms with E-state index < -0.39 is 0 Å². The van der Waals surface area contributed by atoms with E-state index in [1.807, 2.05) is 23.0 Å². The van der Waals surface area contributed by atoms with Crippen LogP contribution in [0.4, 0.5) is 4.39 Å². The van der Waals surface area contributed by atoms with Gasteiger partial charge in [0, 0.05) is 37.1 Å². The molecule has 3 nitrogen and oxygen atoms in total. The molecule has 2 aromatic rings. The minimum absolute atomic E-state index is 0.235. The summed E-state index contributed by atoms with van der Waals surface area (Å²) in [6.45, 7) is 4.39. The Morgan fingerprint density at radius 1 is 1.32 bits per heavy atom. The summed E-state index contributed by atoms with van der Waals surface area (Å²) >= 11 is 0. The molecule has 0 unspecified atom stereocenters. The van der Waals surface area contributed by atoms with Crippen molar-refractivity contribution >= 4 is 0 Å². The zero-order valence-corrected chi connectivity index (χ0v) is 11.3. The minimum Gasteiger partial charge on any atom is -0.497 e. The van der Waals surface area contributed by atoms with Crippen molar-refractivity contribution < 1.29 is 9.13 Å². The van der Waals surface area contributed by atoms with Gasteiger partial charge in [0.1, 0.15) is 11.6 Å². The molecule has 1 aromatic heterocycles. The van der Waals surface area contributed by atoms with Gasteiger partial charge in [-0.25, -0.2) is 4.39 Å². The van der Waals surface area contributed by atoms with Crippen molar-refractivity contribution in [3.05, 3.63) is 53.6 Å². The highest BCUT2D eigenvalue weighted by Gasteiger charge is 2.05. The van der Waals surface area contributed by atoms with Crippen LogP contribution in [0.3, 0.4) is 0 Å². The fraction of sp³-hybridized carbons (Fsp3) is 0.333. The quantitative estimate of drug-likeness (QED) is 0.866. The van der Waals surface area contributed by atoms with E-state index in [0.29, 0.717) is 17.9 Å². The van der Waals surface area contributed by atoms with E-state index in [1.54, 1.807) is 12.1 Å². The number of benzene rings is 1. The molecule has 0 spiro atoms. The minimum atomic E-state index is -0.235. The van der Waals surface area contributed by atoms with Crippen LogP contribution < -0.4 is 10.1 Å². The summed E-state index contributed by atoms with van der Waals surface area (Å²) in [5, 5.41) is 3.26. The first-order valence-corrected chi connectivity index (χ1v) is 6.40. The molecule has 2 rings (SSSR count). The van der Waals surface area contributed by atoms with Gasteiger partial charge in [0.05, 0.1) is 7.11 Å². The molecule has 0 saturated heterocycles. The molecule has 0 bridgehead atoms. The maximum absolute atomic E-state index is 13.8. The van der Waals surface area contributed by atoms with Gasteiger partial charge in [0.2, 0.25) is 0 Å². The Morgan fingerprint density at radius 2 is 2.16 bits per heavy atom. The largest absolute Gasteiger partial charge is 0.497 e. The molecule has 19 heavy (non-hydrogen) atoms. The number of ether oxygens (including phenoxy) is 1. The highest BCUT2D eigenvalue weighted by atomic mass is 19.1. The van der Waals surface area contributed by atoms with Crippen molar-refractivity contribution in [2.75, 3.05) is 13.7 Å². The first kappa shape index (κ1) is 13.6. The van der Waals surface area contributed by atoms with Crippen LogP contribution in [0.1, 0.15) is 18.1 Å². The molecular formula is C15H19FN2O. The predicted octanol–water partition coefficient (Wildman–Crippen LogP) is 2.79. The maximum Gasteiger partial charge on any atom is 0.131 e. The average Bonchev–Trinajstić information content (AvgIpc) is 2.86. The van der Waals surface area contributed by atoms with Crippen LogP contribution in [-0.2, 0) is 13.1 Å². The molecule has 1 N–H and O–H groups in total. The number of methoxy groups -OCH3 is 1. The van der Waals surface area contributed by atoms with Gasteiger partial charge in [-0.05, 0) is 24.2 Å². The van der Waals surface area contributed by atoms with Gasteiger partial charge in [0.25, 0.3) is 0 Å². The van der Waals surface area contributed by atoms with Crippen LogP contribution in [0.2, 0.25) is 0 Å². The van der Waals surface area contributed by atoms with Crippen LogP contribution in [0.25, 0.3) is 0 Å². The predicted molar refractivity (Wildman–Crippen MR) is 73.9 cm³/mol. The number of rotatable bonds is 6. The summed E-state index contributed by atoms with van der Waals surface area (Å²) in [6, 6.07) is 7.00. The highest BCUT2D eigenvalue weighted by Crippen LogP contribution is 2.17. The lowest BCUT2D eigenvalue weighted by Gasteiger charge is -2.07. The van der Waals surface area contributed by atoms with Gasteiger partial charge in [-0.2, -0.15) is 0 Å². The van der Waals surface area contributed by atoms with Crippen LogP contribution in [0, 0.1) is 5.82 Å². The van der Waals surface area contributed by atoms with Gasteiger partial charge in [-0.15, -0.1) is 0 Å². The monoisotopic (exact) mass is 262 g/mol. The van der Waals surface area contributed by atoms with Gasteiger partial charge in [-0.3, -0.25) is 0 Å². The third kappa shape index (κ3) is 3.58. The lowest BCUT2D eigenvalue weighted by atomic mass is 10.2. The molecule has 4 heteroatoms. The van der Waals surface area contributed by atoms with Crippen LogP contribution in [-0.4, -0.2) is 18.2 Å². The van der Waals surface area contributed by atoms with Crippen LogP contribution >= 0.6 is 0 Å². The molecule has 0 aliphatic rings. The van der Waals surface area contributed by atoms with Crippen molar-refractivity contribution in [1.82, 2.24) is 9.88 Å². The van der Waals surface area contributed by atoms with Crippen molar-refractivity contribution in [2.45, 2.75) is 20.0 Å². The summed E-state index contributed by atoms with van der Waals surface area (Å²) in [4.78, 5) is 0. The Labute approximate surface area is 113 Å². The van der Waals surface area contributed by atoms with E-state index in [1.165, 1.54) is 18.7 Å². The second kappa shape index (κ2) is 6.38. The van der Waals surface area contributed by atoms with Crippen molar-refractivity contribution in [1.29, 1.82) is 0 Å². The Morgan fingerprint density at radius 3 is 2.84 bits per heavy atom. The molecule has 0 aliphatic carbocycles. The van der Waals surface area contributed by atoms with Gasteiger partial charge in [-0.1, -0.05) is 13.0 Å². The standard InChI is InChI=1S/C15H19FN2O/c1-3-17-9-12-6-7-18(10-12)11-13-4-5-14(19-2)8-15(13)16/h4-8,10,17H,3,9,11H2,1-2H3. The summed E-state index contributed by atoms with van der Waals surface area (Å²) < 4.78 is 20.8. The van der Waals surface area contributed by atoms with Crippen LogP contribution in [0.15, 0.2) is 36.7 Å². The second-order valence-corrected chi connectivity index (χ2v) is 4.43. The smallest absolute Gasteiger partial charge is 0.131 e. The summed E-state index contributed by atoms with van der Waals surface area (Å²) in [5.74, 6) is 0.308. The number of nitrogens with one attached hydrogen (secondary N) is 1. The molecule has 1 aromatic carbocycles. The molecule has 0 aliphatic heterocycles. The van der Waals surface area contributed by atoms with Gasteiger partial charge < -0.3 is 14.6 Å². The van der Waals surface area contributed by atoms with E-state index in [4.69, 9.17) is 4.74 Å². The fourth-order valence-electron chi connectivity index (χ4n) is 1.94. The lowest BCUT2D eigenvalue weighted by Crippen LogP contribution is -2.11. The zero-order chi connectivity index (χ0) is 13.7. The molecule has 102 valence electrons. The Balaban J connectivity index is 2.06. The third-order valence-electron chi connectivity index (χ3n) is 3.00. The molecular weight excluding hydrogens is 243 g/mol. The SMILES string of the molecule is CCNCc1ccn(Cc2ccc(OC)cc2F)c1. The van der Waals surface area contributed by atoms with E-state index >= 15 is 0 Å². The zero-order valence-electron chi connectivity index (χ0n) is 11.3. The van der Waals surface area contributed by atoms with E-state index in [2.05, 4.69) is 12.2 Å². The summed E-state index contributed by atoms with van der Waals surface area (Å²) in [7, 11) is 1.54.